The fourth-order valence-electron chi connectivity index (χ4n) is 2.34. The largest absolute Gasteiger partial charge is 0.352 e. The van der Waals surface area contributed by atoms with Crippen LogP contribution in [0.5, 0.6) is 0 Å². The molecule has 0 saturated carbocycles. The topological polar surface area (TPSA) is 85.8 Å². The zero-order valence-electron chi connectivity index (χ0n) is 14.7. The summed E-state index contributed by atoms with van der Waals surface area (Å²) < 4.78 is 0. The summed E-state index contributed by atoms with van der Waals surface area (Å²) in [6.45, 7) is 9.31. The second-order valence-corrected chi connectivity index (χ2v) is 6.55. The minimum atomic E-state index is -0.248. The van der Waals surface area contributed by atoms with Crippen LogP contribution in [0, 0.1) is 0 Å². The number of carbonyl (C=O) groups is 2. The van der Waals surface area contributed by atoms with Gasteiger partial charge in [-0.25, -0.2) is 0 Å². The van der Waals surface area contributed by atoms with Crippen molar-refractivity contribution in [2.45, 2.75) is 52.1 Å². The summed E-state index contributed by atoms with van der Waals surface area (Å²) in [4.78, 5) is 29.4. The number of rotatable bonds is 4. The number of aliphatic imine (C=N–C) groups is 1. The van der Waals surface area contributed by atoms with E-state index in [2.05, 4.69) is 20.9 Å². The molecule has 2 amide bonds. The third kappa shape index (κ3) is 8.38. The van der Waals surface area contributed by atoms with Crippen LogP contribution in [0.3, 0.4) is 0 Å². The van der Waals surface area contributed by atoms with Crippen LogP contribution >= 0.6 is 24.0 Å². The van der Waals surface area contributed by atoms with E-state index in [9.17, 15) is 9.59 Å². The molecule has 0 aromatic rings. The van der Waals surface area contributed by atoms with Crippen LogP contribution in [-0.2, 0) is 9.59 Å². The van der Waals surface area contributed by atoms with Gasteiger partial charge in [0.05, 0.1) is 6.54 Å². The van der Waals surface area contributed by atoms with Crippen LogP contribution in [0.25, 0.3) is 0 Å². The van der Waals surface area contributed by atoms with Crippen molar-refractivity contribution in [3.05, 3.63) is 0 Å². The van der Waals surface area contributed by atoms with Crippen molar-refractivity contribution in [1.29, 1.82) is 0 Å². The normalized spacial score (nSPS) is 18.2. The summed E-state index contributed by atoms with van der Waals surface area (Å²) in [5, 5.41) is 9.14. The van der Waals surface area contributed by atoms with Crippen LogP contribution in [0.15, 0.2) is 4.99 Å². The first-order valence-electron chi connectivity index (χ1n) is 7.81. The summed E-state index contributed by atoms with van der Waals surface area (Å²) in [6.07, 6.45) is 1.42. The molecular formula is C15H30IN5O2. The SMILES string of the molecule is CCC(=O)N1CCC(NC(=NC)NCC(=O)NC(C)(C)C)C1.I. The number of carbonyl (C=O) groups excluding carboxylic acids is 2. The van der Waals surface area contributed by atoms with E-state index < -0.39 is 0 Å². The van der Waals surface area contributed by atoms with E-state index in [0.717, 1.165) is 13.0 Å². The first-order valence-corrected chi connectivity index (χ1v) is 7.81. The number of amides is 2. The Kier molecular flexibility index (Phi) is 9.48. The van der Waals surface area contributed by atoms with E-state index in [-0.39, 0.29) is 53.9 Å². The van der Waals surface area contributed by atoms with Gasteiger partial charge < -0.3 is 20.9 Å². The molecule has 1 unspecified atom stereocenters. The summed E-state index contributed by atoms with van der Waals surface area (Å²) in [5.74, 6) is 0.682. The molecule has 1 fully saturated rings. The standard InChI is InChI=1S/C15H29N5O2.HI/c1-6-13(22)20-8-7-11(10-20)18-14(16-5)17-9-12(21)19-15(2,3)4;/h11H,6-10H2,1-5H3,(H,19,21)(H2,16,17,18);1H. The second-order valence-electron chi connectivity index (χ2n) is 6.55. The molecule has 1 saturated heterocycles. The molecule has 1 rings (SSSR count). The number of nitrogens with one attached hydrogen (secondary N) is 3. The number of likely N-dealkylation sites (tertiary alicyclic amines) is 1. The van der Waals surface area contributed by atoms with Gasteiger partial charge in [-0.3, -0.25) is 14.6 Å². The zero-order valence-corrected chi connectivity index (χ0v) is 17.1. The Hall–Kier alpha value is -1.06. The van der Waals surface area contributed by atoms with Gasteiger partial charge in [0.15, 0.2) is 5.96 Å². The Morgan fingerprint density at radius 1 is 1.30 bits per heavy atom. The third-order valence-electron chi connectivity index (χ3n) is 3.34. The van der Waals surface area contributed by atoms with Crippen LogP contribution in [-0.4, -0.2) is 60.9 Å². The minimum Gasteiger partial charge on any atom is -0.352 e. The lowest BCUT2D eigenvalue weighted by Gasteiger charge is -2.22. The average Bonchev–Trinajstić information content (AvgIpc) is 2.89. The summed E-state index contributed by atoms with van der Waals surface area (Å²) >= 11 is 0. The Morgan fingerprint density at radius 3 is 2.48 bits per heavy atom. The zero-order chi connectivity index (χ0) is 16.8. The maximum Gasteiger partial charge on any atom is 0.239 e. The molecule has 0 aliphatic carbocycles. The van der Waals surface area contributed by atoms with Crippen LogP contribution in [0.2, 0.25) is 0 Å². The molecule has 0 bridgehead atoms. The van der Waals surface area contributed by atoms with Gasteiger partial charge in [-0.05, 0) is 27.2 Å². The quantitative estimate of drug-likeness (QED) is 0.342. The lowest BCUT2D eigenvalue weighted by Crippen LogP contribution is -2.50. The molecule has 1 heterocycles. The predicted octanol–water partition coefficient (Wildman–Crippen LogP) is 0.695. The van der Waals surface area contributed by atoms with Crippen molar-refractivity contribution in [3.63, 3.8) is 0 Å². The molecule has 3 N–H and O–H groups in total. The smallest absolute Gasteiger partial charge is 0.239 e. The second kappa shape index (κ2) is 9.94. The third-order valence-corrected chi connectivity index (χ3v) is 3.34. The Labute approximate surface area is 156 Å². The molecule has 134 valence electrons. The van der Waals surface area contributed by atoms with E-state index >= 15 is 0 Å². The summed E-state index contributed by atoms with van der Waals surface area (Å²) in [6, 6.07) is 0.173. The predicted molar refractivity (Wildman–Crippen MR) is 103 cm³/mol. The monoisotopic (exact) mass is 439 g/mol. The minimum absolute atomic E-state index is 0. The van der Waals surface area contributed by atoms with Gasteiger partial charge in [0.2, 0.25) is 11.8 Å². The van der Waals surface area contributed by atoms with E-state index in [1.54, 1.807) is 7.05 Å². The van der Waals surface area contributed by atoms with E-state index in [0.29, 0.717) is 18.9 Å². The van der Waals surface area contributed by atoms with Gasteiger partial charge >= 0.3 is 0 Å². The van der Waals surface area contributed by atoms with Crippen LogP contribution in [0.4, 0.5) is 0 Å². The van der Waals surface area contributed by atoms with Crippen molar-refractivity contribution in [1.82, 2.24) is 20.9 Å². The van der Waals surface area contributed by atoms with Gasteiger partial charge in [0.25, 0.3) is 0 Å². The number of nitrogens with zero attached hydrogens (tertiary/aromatic N) is 2. The van der Waals surface area contributed by atoms with E-state index in [4.69, 9.17) is 0 Å². The highest BCUT2D eigenvalue weighted by atomic mass is 127. The highest BCUT2D eigenvalue weighted by Gasteiger charge is 2.25. The Balaban J connectivity index is 0.00000484. The van der Waals surface area contributed by atoms with Crippen LogP contribution in [0.1, 0.15) is 40.5 Å². The molecule has 0 aromatic heterocycles. The molecule has 8 heteroatoms. The van der Waals surface area contributed by atoms with Crippen molar-refractivity contribution >= 4 is 41.8 Å². The lowest BCUT2D eigenvalue weighted by atomic mass is 10.1. The fourth-order valence-corrected chi connectivity index (χ4v) is 2.34. The molecule has 7 nitrogen and oxygen atoms in total. The highest BCUT2D eigenvalue weighted by molar-refractivity contribution is 14.0. The Bertz CT molecular complexity index is 434. The van der Waals surface area contributed by atoms with Gasteiger partial charge in [-0.2, -0.15) is 0 Å². The molecule has 1 aliphatic heterocycles. The number of halogens is 1. The molecule has 0 spiro atoms. The molecular weight excluding hydrogens is 409 g/mol. The van der Waals surface area contributed by atoms with Gasteiger partial charge in [0, 0.05) is 38.1 Å². The van der Waals surface area contributed by atoms with Crippen molar-refractivity contribution in [2.24, 2.45) is 4.99 Å². The highest BCUT2D eigenvalue weighted by Crippen LogP contribution is 2.10. The first kappa shape index (κ1) is 21.9. The lowest BCUT2D eigenvalue weighted by molar-refractivity contribution is -0.129. The summed E-state index contributed by atoms with van der Waals surface area (Å²) in [5.41, 5.74) is -0.248. The summed E-state index contributed by atoms with van der Waals surface area (Å²) in [7, 11) is 1.67. The molecule has 0 radical (unpaired) electrons. The average molecular weight is 439 g/mol. The van der Waals surface area contributed by atoms with E-state index in [1.165, 1.54) is 0 Å². The molecule has 1 aliphatic rings. The molecule has 0 aromatic carbocycles. The number of hydrogen-bond donors (Lipinski definition) is 3. The van der Waals surface area contributed by atoms with Gasteiger partial charge in [-0.15, -0.1) is 24.0 Å². The number of hydrogen-bond acceptors (Lipinski definition) is 3. The maximum atomic E-state index is 11.8. The fraction of sp³-hybridized carbons (Fsp3) is 0.800. The Morgan fingerprint density at radius 2 is 1.96 bits per heavy atom. The van der Waals surface area contributed by atoms with Gasteiger partial charge in [0.1, 0.15) is 0 Å². The van der Waals surface area contributed by atoms with Crippen LogP contribution < -0.4 is 16.0 Å². The van der Waals surface area contributed by atoms with Crippen molar-refractivity contribution < 1.29 is 9.59 Å². The van der Waals surface area contributed by atoms with Crippen molar-refractivity contribution in [3.8, 4) is 0 Å². The maximum absolute atomic E-state index is 11.8. The molecule has 23 heavy (non-hydrogen) atoms. The van der Waals surface area contributed by atoms with Crippen molar-refractivity contribution in [2.75, 3.05) is 26.7 Å². The number of guanidine groups is 1. The first-order chi connectivity index (χ1) is 10.2. The van der Waals surface area contributed by atoms with Gasteiger partial charge in [-0.1, -0.05) is 6.92 Å². The molecule has 1 atom stereocenters. The van der Waals surface area contributed by atoms with E-state index in [1.807, 2.05) is 32.6 Å².